The summed E-state index contributed by atoms with van der Waals surface area (Å²) in [5, 5.41) is 17.7. The van der Waals surface area contributed by atoms with Gasteiger partial charge >= 0.3 is 5.97 Å². The van der Waals surface area contributed by atoms with Crippen molar-refractivity contribution in [1.82, 2.24) is 29.4 Å². The van der Waals surface area contributed by atoms with Gasteiger partial charge in [-0.05, 0) is 26.8 Å². The van der Waals surface area contributed by atoms with Crippen molar-refractivity contribution in [3.63, 3.8) is 0 Å². The van der Waals surface area contributed by atoms with Gasteiger partial charge in [-0.1, -0.05) is 0 Å². The van der Waals surface area contributed by atoms with Gasteiger partial charge in [0.15, 0.2) is 0 Å². The monoisotopic (exact) mass is 374 g/mol. The fourth-order valence-corrected chi connectivity index (χ4v) is 3.40. The fraction of sp³-hybridized carbons (Fsp3) is 0.556. The van der Waals surface area contributed by atoms with Gasteiger partial charge in [0.1, 0.15) is 11.7 Å². The molecular formula is C18H26N6O3. The van der Waals surface area contributed by atoms with Crippen LogP contribution in [0.4, 0.5) is 0 Å². The third-order valence-corrected chi connectivity index (χ3v) is 5.06. The Morgan fingerprint density at radius 1 is 1.26 bits per heavy atom. The molecule has 0 saturated carbocycles. The topological polar surface area (TPSA) is 96.5 Å². The van der Waals surface area contributed by atoms with Crippen LogP contribution in [0.15, 0.2) is 18.5 Å². The number of carbonyl (C=O) groups excluding carboxylic acids is 1. The van der Waals surface area contributed by atoms with E-state index in [2.05, 4.69) is 28.2 Å². The van der Waals surface area contributed by atoms with Crippen molar-refractivity contribution in [3.8, 4) is 0 Å². The van der Waals surface area contributed by atoms with Crippen molar-refractivity contribution in [3.05, 3.63) is 35.4 Å². The second-order valence-corrected chi connectivity index (χ2v) is 6.84. The number of aromatic carboxylic acids is 1. The van der Waals surface area contributed by atoms with Crippen molar-refractivity contribution in [2.45, 2.75) is 39.9 Å². The van der Waals surface area contributed by atoms with E-state index in [9.17, 15) is 14.7 Å². The van der Waals surface area contributed by atoms with E-state index in [-0.39, 0.29) is 11.6 Å². The summed E-state index contributed by atoms with van der Waals surface area (Å²) in [7, 11) is 0. The zero-order valence-corrected chi connectivity index (χ0v) is 16.0. The highest BCUT2D eigenvalue weighted by atomic mass is 16.4. The third-order valence-electron chi connectivity index (χ3n) is 5.06. The lowest BCUT2D eigenvalue weighted by atomic mass is 10.2. The predicted octanol–water partition coefficient (Wildman–Crippen LogP) is 1.01. The number of carbonyl (C=O) groups is 2. The summed E-state index contributed by atoms with van der Waals surface area (Å²) in [6, 6.07) is 0.769. The Morgan fingerprint density at radius 3 is 2.56 bits per heavy atom. The van der Waals surface area contributed by atoms with E-state index in [0.717, 1.165) is 31.9 Å². The normalized spacial score (nSPS) is 16.5. The quantitative estimate of drug-likeness (QED) is 0.811. The summed E-state index contributed by atoms with van der Waals surface area (Å²) in [6.07, 6.45) is 3.49. The molecule has 9 heteroatoms. The van der Waals surface area contributed by atoms with Crippen LogP contribution in [0, 0.1) is 6.92 Å². The lowest BCUT2D eigenvalue weighted by Crippen LogP contribution is -2.50. The minimum Gasteiger partial charge on any atom is -0.477 e. The van der Waals surface area contributed by atoms with E-state index < -0.39 is 12.0 Å². The molecule has 0 aliphatic carbocycles. The summed E-state index contributed by atoms with van der Waals surface area (Å²) in [6.45, 7) is 10.3. The van der Waals surface area contributed by atoms with Gasteiger partial charge in [0.2, 0.25) is 5.91 Å². The van der Waals surface area contributed by atoms with Crippen LogP contribution < -0.4 is 0 Å². The molecule has 1 fully saturated rings. The average molecular weight is 374 g/mol. The summed E-state index contributed by atoms with van der Waals surface area (Å²) in [5.74, 6) is -1.18. The van der Waals surface area contributed by atoms with Gasteiger partial charge in [-0.25, -0.2) is 9.48 Å². The standard InChI is InChI=1S/C18H26N6O3/c1-4-23-12-15(13(2)20-23)11-21-7-9-22(10-8-21)17(25)14(3)24-16(18(26)27)5-6-19-24/h5-6,12,14H,4,7-11H2,1-3H3,(H,26,27). The number of carboxylic acid groups (broad SMARTS) is 1. The molecule has 3 heterocycles. The van der Waals surface area contributed by atoms with Crippen LogP contribution in [0.1, 0.15) is 41.6 Å². The summed E-state index contributed by atoms with van der Waals surface area (Å²) < 4.78 is 3.22. The molecule has 1 aliphatic heterocycles. The van der Waals surface area contributed by atoms with Crippen LogP contribution in [0.2, 0.25) is 0 Å². The number of nitrogens with zero attached hydrogens (tertiary/aromatic N) is 6. The van der Waals surface area contributed by atoms with E-state index in [1.165, 1.54) is 22.5 Å². The highest BCUT2D eigenvalue weighted by Crippen LogP contribution is 2.16. The van der Waals surface area contributed by atoms with Crippen molar-refractivity contribution in [2.24, 2.45) is 0 Å². The molecule has 1 unspecified atom stereocenters. The van der Waals surface area contributed by atoms with Gasteiger partial charge in [0.25, 0.3) is 0 Å². The van der Waals surface area contributed by atoms with E-state index >= 15 is 0 Å². The van der Waals surface area contributed by atoms with Crippen molar-refractivity contribution in [2.75, 3.05) is 26.2 Å². The largest absolute Gasteiger partial charge is 0.477 e. The minimum atomic E-state index is -1.08. The van der Waals surface area contributed by atoms with Crippen LogP contribution >= 0.6 is 0 Å². The molecule has 0 aromatic carbocycles. The van der Waals surface area contributed by atoms with Crippen molar-refractivity contribution in [1.29, 1.82) is 0 Å². The summed E-state index contributed by atoms with van der Waals surface area (Å²) in [4.78, 5) is 28.1. The first-order valence-corrected chi connectivity index (χ1v) is 9.21. The molecule has 0 bridgehead atoms. The van der Waals surface area contributed by atoms with Crippen LogP contribution in [-0.2, 0) is 17.9 Å². The number of amides is 1. The Morgan fingerprint density at radius 2 is 1.96 bits per heavy atom. The highest BCUT2D eigenvalue weighted by molar-refractivity contribution is 5.87. The van der Waals surface area contributed by atoms with Crippen LogP contribution in [-0.4, -0.2) is 72.5 Å². The van der Waals surface area contributed by atoms with Gasteiger partial charge in [-0.15, -0.1) is 0 Å². The van der Waals surface area contributed by atoms with Gasteiger partial charge in [-0.2, -0.15) is 10.2 Å². The third kappa shape index (κ3) is 4.02. The molecule has 1 saturated heterocycles. The van der Waals surface area contributed by atoms with Gasteiger partial charge in [0.05, 0.1) is 5.69 Å². The Labute approximate surface area is 158 Å². The molecular weight excluding hydrogens is 348 g/mol. The molecule has 2 aromatic heterocycles. The maximum Gasteiger partial charge on any atom is 0.354 e. The number of aryl methyl sites for hydroxylation is 2. The molecule has 9 nitrogen and oxygen atoms in total. The maximum absolute atomic E-state index is 12.8. The molecule has 146 valence electrons. The number of hydrogen-bond acceptors (Lipinski definition) is 5. The maximum atomic E-state index is 12.8. The molecule has 3 rings (SSSR count). The number of aromatic nitrogens is 4. The predicted molar refractivity (Wildman–Crippen MR) is 98.4 cm³/mol. The SMILES string of the molecule is CCn1cc(CN2CCN(C(=O)C(C)n3nccc3C(=O)O)CC2)c(C)n1. The molecule has 1 amide bonds. The van der Waals surface area contributed by atoms with E-state index in [1.807, 2.05) is 11.6 Å². The Bertz CT molecular complexity index is 819. The molecule has 0 spiro atoms. The lowest BCUT2D eigenvalue weighted by molar-refractivity contribution is -0.136. The second-order valence-electron chi connectivity index (χ2n) is 6.84. The molecule has 1 atom stereocenters. The zero-order valence-electron chi connectivity index (χ0n) is 16.0. The van der Waals surface area contributed by atoms with Crippen LogP contribution in [0.3, 0.4) is 0 Å². The van der Waals surface area contributed by atoms with Gasteiger partial charge in [-0.3, -0.25) is 14.4 Å². The van der Waals surface area contributed by atoms with Crippen LogP contribution in [0.25, 0.3) is 0 Å². The summed E-state index contributed by atoms with van der Waals surface area (Å²) in [5.41, 5.74) is 2.29. The van der Waals surface area contributed by atoms with E-state index in [0.29, 0.717) is 13.1 Å². The molecule has 1 N–H and O–H groups in total. The first kappa shape index (κ1) is 19.1. The van der Waals surface area contributed by atoms with Crippen molar-refractivity contribution >= 4 is 11.9 Å². The van der Waals surface area contributed by atoms with Crippen molar-refractivity contribution < 1.29 is 14.7 Å². The van der Waals surface area contributed by atoms with Gasteiger partial charge in [0, 0.05) is 57.2 Å². The highest BCUT2D eigenvalue weighted by Gasteiger charge is 2.28. The number of piperazine rings is 1. The Balaban J connectivity index is 1.58. The van der Waals surface area contributed by atoms with Crippen LogP contribution in [0.5, 0.6) is 0 Å². The lowest BCUT2D eigenvalue weighted by Gasteiger charge is -2.36. The smallest absolute Gasteiger partial charge is 0.354 e. The Hall–Kier alpha value is -2.68. The second kappa shape index (κ2) is 7.91. The first-order valence-electron chi connectivity index (χ1n) is 9.21. The van der Waals surface area contributed by atoms with E-state index in [4.69, 9.17) is 0 Å². The molecule has 2 aromatic rings. The summed E-state index contributed by atoms with van der Waals surface area (Å²) >= 11 is 0. The van der Waals surface area contributed by atoms with Gasteiger partial charge < -0.3 is 10.0 Å². The minimum absolute atomic E-state index is 0.0258. The number of hydrogen-bond donors (Lipinski definition) is 1. The Kier molecular flexibility index (Phi) is 5.59. The number of carboxylic acids is 1. The molecule has 0 radical (unpaired) electrons. The van der Waals surface area contributed by atoms with E-state index in [1.54, 1.807) is 11.8 Å². The molecule has 27 heavy (non-hydrogen) atoms. The fourth-order valence-electron chi connectivity index (χ4n) is 3.40. The zero-order chi connectivity index (χ0) is 19.6. The average Bonchev–Trinajstić information content (AvgIpc) is 3.28. The molecule has 1 aliphatic rings. The number of rotatable bonds is 6. The first-order chi connectivity index (χ1) is 12.9.